The summed E-state index contributed by atoms with van der Waals surface area (Å²) in [5.41, 5.74) is -0.780. The predicted molar refractivity (Wildman–Crippen MR) is 95.8 cm³/mol. The zero-order valence-electron chi connectivity index (χ0n) is 13.2. The first-order valence-corrected chi connectivity index (χ1v) is 9.14. The van der Waals surface area contributed by atoms with Gasteiger partial charge in [-0.2, -0.15) is 9.78 Å². The average Bonchev–Trinajstić information content (AvgIpc) is 2.23. The normalized spacial score (nSPS) is 22.8. The molecule has 1 fully saturated rings. The maximum absolute atomic E-state index is 5.78. The van der Waals surface area contributed by atoms with Gasteiger partial charge < -0.3 is 0 Å². The Bertz CT molecular complexity index is 300. The molecule has 0 unspecified atom stereocenters. The van der Waals surface area contributed by atoms with Crippen molar-refractivity contribution in [2.75, 3.05) is 0 Å². The molecular formula is C14H26I2O4. The minimum Gasteiger partial charge on any atom is -0.228 e. The third-order valence-electron chi connectivity index (χ3n) is 2.66. The molecule has 0 atom stereocenters. The monoisotopic (exact) mass is 512 g/mol. The molecule has 1 rings (SSSR count). The Morgan fingerprint density at radius 3 is 1.50 bits per heavy atom. The Morgan fingerprint density at radius 1 is 0.750 bits per heavy atom. The van der Waals surface area contributed by atoms with Gasteiger partial charge in [-0.15, -0.1) is 0 Å². The fourth-order valence-corrected chi connectivity index (χ4v) is 3.34. The van der Waals surface area contributed by atoms with Crippen LogP contribution >= 0.6 is 45.2 Å². The van der Waals surface area contributed by atoms with E-state index in [9.17, 15) is 0 Å². The van der Waals surface area contributed by atoms with Gasteiger partial charge in [0.15, 0.2) is 0 Å². The van der Waals surface area contributed by atoms with E-state index in [0.29, 0.717) is 0 Å². The third-order valence-corrected chi connectivity index (χ3v) is 5.38. The van der Waals surface area contributed by atoms with Crippen molar-refractivity contribution in [3.63, 3.8) is 0 Å². The topological polar surface area (TPSA) is 36.9 Å². The van der Waals surface area contributed by atoms with E-state index in [-0.39, 0.29) is 12.6 Å². The smallest absolute Gasteiger partial charge is 0.228 e. The Kier molecular flexibility index (Phi) is 6.60. The molecule has 0 aromatic rings. The van der Waals surface area contributed by atoms with Crippen molar-refractivity contribution in [3.05, 3.63) is 0 Å². The van der Waals surface area contributed by atoms with Crippen LogP contribution in [0.3, 0.4) is 0 Å². The number of halogens is 2. The van der Waals surface area contributed by atoms with Crippen LogP contribution in [0.4, 0.5) is 0 Å². The van der Waals surface area contributed by atoms with Crippen molar-refractivity contribution in [1.82, 2.24) is 0 Å². The van der Waals surface area contributed by atoms with Crippen LogP contribution in [0.5, 0.6) is 0 Å². The number of hydrogen-bond donors (Lipinski definition) is 0. The molecule has 0 saturated heterocycles. The molecule has 1 aliphatic rings. The SMILES string of the molecule is CC(C)(C)OOC1(OOC(C)(C)C)CCCCC1(I)I. The lowest BCUT2D eigenvalue weighted by molar-refractivity contribution is -0.543. The first-order chi connectivity index (χ1) is 8.87. The molecule has 20 heavy (non-hydrogen) atoms. The van der Waals surface area contributed by atoms with E-state index in [2.05, 4.69) is 45.2 Å². The van der Waals surface area contributed by atoms with E-state index >= 15 is 0 Å². The van der Waals surface area contributed by atoms with Crippen molar-refractivity contribution < 1.29 is 19.6 Å². The summed E-state index contributed by atoms with van der Waals surface area (Å²) >= 11 is 4.77. The van der Waals surface area contributed by atoms with Gasteiger partial charge in [0.1, 0.15) is 1.43 Å². The summed E-state index contributed by atoms with van der Waals surface area (Å²) in [5, 5.41) is 0. The average molecular weight is 512 g/mol. The van der Waals surface area contributed by atoms with Crippen molar-refractivity contribution in [2.24, 2.45) is 0 Å². The lowest BCUT2D eigenvalue weighted by atomic mass is 9.94. The molecule has 1 aliphatic carbocycles. The summed E-state index contributed by atoms with van der Waals surface area (Å²) in [7, 11) is 0. The van der Waals surface area contributed by atoms with Gasteiger partial charge in [0.25, 0.3) is 5.79 Å². The lowest BCUT2D eigenvalue weighted by Gasteiger charge is -2.45. The van der Waals surface area contributed by atoms with Crippen molar-refractivity contribution in [1.29, 1.82) is 0 Å². The number of hydrogen-bond acceptors (Lipinski definition) is 4. The van der Waals surface area contributed by atoms with Gasteiger partial charge in [-0.3, -0.25) is 0 Å². The van der Waals surface area contributed by atoms with Crippen LogP contribution in [0.1, 0.15) is 67.2 Å². The maximum atomic E-state index is 5.78. The van der Waals surface area contributed by atoms with E-state index in [0.717, 1.165) is 25.7 Å². The van der Waals surface area contributed by atoms with Gasteiger partial charge in [-0.05, 0) is 54.4 Å². The van der Waals surface area contributed by atoms with E-state index in [1.165, 1.54) is 0 Å². The van der Waals surface area contributed by atoms with E-state index in [1.54, 1.807) is 0 Å². The molecule has 0 radical (unpaired) electrons. The Morgan fingerprint density at radius 2 is 1.15 bits per heavy atom. The van der Waals surface area contributed by atoms with Gasteiger partial charge in [0.05, 0.1) is 11.2 Å². The molecule has 120 valence electrons. The van der Waals surface area contributed by atoms with E-state index in [1.807, 2.05) is 41.5 Å². The highest BCUT2D eigenvalue weighted by Crippen LogP contribution is 2.52. The van der Waals surface area contributed by atoms with Crippen LogP contribution in [-0.4, -0.2) is 18.4 Å². The molecule has 0 spiro atoms. The number of rotatable bonds is 4. The Balaban J connectivity index is 2.87. The summed E-state index contributed by atoms with van der Waals surface area (Å²) in [6.07, 6.45) is 3.94. The fraction of sp³-hybridized carbons (Fsp3) is 1.00. The van der Waals surface area contributed by atoms with Gasteiger partial charge in [0.2, 0.25) is 0 Å². The Hall–Kier alpha value is 1.30. The highest BCUT2D eigenvalue weighted by atomic mass is 127. The third kappa shape index (κ3) is 5.83. The standard InChI is InChI=1S/C14H26I2O4/c1-11(2,3)17-19-14(20-18-12(4,5)6)10-8-7-9-13(14,15)16/h7-10H2,1-6H3. The molecule has 4 nitrogen and oxygen atoms in total. The van der Waals surface area contributed by atoms with Gasteiger partial charge in [0, 0.05) is 6.42 Å². The fourth-order valence-electron chi connectivity index (χ4n) is 1.68. The molecule has 0 aliphatic heterocycles. The highest BCUT2D eigenvalue weighted by Gasteiger charge is 2.56. The largest absolute Gasteiger partial charge is 0.257 e. The minimum absolute atomic E-state index is 0.225. The lowest BCUT2D eigenvalue weighted by Crippen LogP contribution is -2.54. The van der Waals surface area contributed by atoms with Crippen LogP contribution in [-0.2, 0) is 19.6 Å². The first kappa shape index (κ1) is 19.3. The minimum atomic E-state index is -0.882. The first-order valence-electron chi connectivity index (χ1n) is 6.98. The highest BCUT2D eigenvalue weighted by molar-refractivity contribution is 14.2. The molecule has 0 aromatic carbocycles. The zero-order valence-corrected chi connectivity index (χ0v) is 17.5. The second-order valence-electron chi connectivity index (χ2n) is 7.22. The van der Waals surface area contributed by atoms with Gasteiger partial charge in [-0.1, -0.05) is 51.6 Å². The molecule has 0 N–H and O–H groups in total. The molecule has 0 amide bonds. The Labute approximate surface area is 149 Å². The maximum Gasteiger partial charge on any atom is 0.257 e. The summed E-state index contributed by atoms with van der Waals surface area (Å²) in [6.45, 7) is 11.7. The summed E-state index contributed by atoms with van der Waals surface area (Å²) in [4.78, 5) is 22.7. The summed E-state index contributed by atoms with van der Waals surface area (Å²) < 4.78 is -0.225. The molecule has 1 saturated carbocycles. The van der Waals surface area contributed by atoms with Gasteiger partial charge >= 0.3 is 0 Å². The summed E-state index contributed by atoms with van der Waals surface area (Å²) in [6, 6.07) is 0. The molecule has 0 aromatic heterocycles. The van der Waals surface area contributed by atoms with Crippen molar-refractivity contribution in [2.45, 2.75) is 85.6 Å². The molecular weight excluding hydrogens is 486 g/mol. The van der Waals surface area contributed by atoms with Crippen LogP contribution in [0.15, 0.2) is 0 Å². The second-order valence-corrected chi connectivity index (χ2v) is 13.0. The van der Waals surface area contributed by atoms with Crippen LogP contribution in [0.25, 0.3) is 0 Å². The van der Waals surface area contributed by atoms with E-state index in [4.69, 9.17) is 19.6 Å². The summed E-state index contributed by atoms with van der Waals surface area (Å²) in [5.74, 6) is -0.882. The second kappa shape index (κ2) is 6.82. The quantitative estimate of drug-likeness (QED) is 0.168. The molecule has 0 heterocycles. The van der Waals surface area contributed by atoms with Crippen LogP contribution in [0, 0.1) is 0 Å². The van der Waals surface area contributed by atoms with Gasteiger partial charge in [-0.25, -0.2) is 9.78 Å². The predicted octanol–water partition coefficient (Wildman–Crippen LogP) is 5.32. The van der Waals surface area contributed by atoms with Crippen molar-refractivity contribution in [3.8, 4) is 0 Å². The van der Waals surface area contributed by atoms with Crippen LogP contribution in [0.2, 0.25) is 0 Å². The van der Waals surface area contributed by atoms with E-state index < -0.39 is 5.79 Å². The zero-order chi connectivity index (χ0) is 15.7. The van der Waals surface area contributed by atoms with Crippen molar-refractivity contribution >= 4 is 45.2 Å². The number of alkyl halides is 2. The molecule has 0 bridgehead atoms. The van der Waals surface area contributed by atoms with Crippen LogP contribution < -0.4 is 0 Å². The molecule has 6 heteroatoms.